The standard InChI is InChI=1S/C21H21N7O/c22-9-12-1-4-18(25-10-12)28-14-2-3-15(28)8-13(7-14)27-19-16-5-6-24-21(16)26-11-17(19)20(23)29/h1,4-6,10-11,13-15H,2-3,7-8H2,(H2,23,29)(H2,24,26,27). The van der Waals surface area contributed by atoms with Crippen LogP contribution in [0.1, 0.15) is 41.6 Å². The van der Waals surface area contributed by atoms with E-state index in [1.54, 1.807) is 6.20 Å². The van der Waals surface area contributed by atoms with E-state index in [2.05, 4.69) is 31.2 Å². The predicted octanol–water partition coefficient (Wildman–Crippen LogP) is 2.54. The average molecular weight is 387 g/mol. The Bertz CT molecular complexity index is 1100. The van der Waals surface area contributed by atoms with Crippen molar-refractivity contribution < 1.29 is 4.79 Å². The minimum absolute atomic E-state index is 0.237. The molecule has 1 amide bonds. The van der Waals surface area contributed by atoms with Crippen molar-refractivity contribution in [3.63, 3.8) is 0 Å². The zero-order valence-corrected chi connectivity index (χ0v) is 15.8. The van der Waals surface area contributed by atoms with Crippen LogP contribution in [0.25, 0.3) is 11.0 Å². The monoisotopic (exact) mass is 387 g/mol. The second-order valence-electron chi connectivity index (χ2n) is 7.77. The third-order valence-electron chi connectivity index (χ3n) is 6.08. The van der Waals surface area contributed by atoms with Gasteiger partial charge in [0.15, 0.2) is 0 Å². The Balaban J connectivity index is 1.40. The number of rotatable bonds is 4. The summed E-state index contributed by atoms with van der Waals surface area (Å²) in [6.07, 6.45) is 9.11. The minimum Gasteiger partial charge on any atom is -0.381 e. The van der Waals surface area contributed by atoms with E-state index in [1.807, 2.05) is 24.4 Å². The van der Waals surface area contributed by atoms with Crippen molar-refractivity contribution in [2.45, 2.75) is 43.8 Å². The maximum atomic E-state index is 12.0. The molecule has 29 heavy (non-hydrogen) atoms. The van der Waals surface area contributed by atoms with Gasteiger partial charge in [-0.1, -0.05) is 0 Å². The molecule has 8 nitrogen and oxygen atoms in total. The average Bonchev–Trinajstić information content (AvgIpc) is 3.31. The summed E-state index contributed by atoms with van der Waals surface area (Å²) in [5.74, 6) is 0.454. The van der Waals surface area contributed by atoms with Crippen LogP contribution in [0.15, 0.2) is 36.8 Å². The van der Waals surface area contributed by atoms with E-state index in [-0.39, 0.29) is 6.04 Å². The highest BCUT2D eigenvalue weighted by Gasteiger charge is 2.41. The first kappa shape index (κ1) is 17.5. The second kappa shape index (κ2) is 6.78. The van der Waals surface area contributed by atoms with Gasteiger partial charge in [0.1, 0.15) is 17.5 Å². The fourth-order valence-electron chi connectivity index (χ4n) is 4.83. The van der Waals surface area contributed by atoms with Gasteiger partial charge in [0.2, 0.25) is 0 Å². The van der Waals surface area contributed by atoms with Crippen molar-refractivity contribution in [2.75, 3.05) is 10.2 Å². The van der Waals surface area contributed by atoms with Gasteiger partial charge in [0.25, 0.3) is 5.91 Å². The number of H-pyrrole nitrogens is 1. The summed E-state index contributed by atoms with van der Waals surface area (Å²) < 4.78 is 0. The zero-order valence-electron chi connectivity index (χ0n) is 15.8. The number of nitrogens with zero attached hydrogens (tertiary/aromatic N) is 4. The zero-order chi connectivity index (χ0) is 20.0. The smallest absolute Gasteiger partial charge is 0.252 e. The molecule has 5 heterocycles. The molecule has 146 valence electrons. The van der Waals surface area contributed by atoms with E-state index in [4.69, 9.17) is 11.0 Å². The van der Waals surface area contributed by atoms with Crippen LogP contribution in [0, 0.1) is 11.3 Å². The summed E-state index contributed by atoms with van der Waals surface area (Å²) in [6.45, 7) is 0. The summed E-state index contributed by atoms with van der Waals surface area (Å²) in [6, 6.07) is 8.80. The number of anilines is 2. The summed E-state index contributed by atoms with van der Waals surface area (Å²) in [7, 11) is 0. The predicted molar refractivity (Wildman–Crippen MR) is 109 cm³/mol. The highest BCUT2D eigenvalue weighted by atomic mass is 16.1. The SMILES string of the molecule is N#Cc1ccc(N2C3CCC2CC(Nc2c(C(N)=O)cnc4[nH]ccc24)C3)nc1. The minimum atomic E-state index is -0.481. The number of aromatic nitrogens is 3. The maximum Gasteiger partial charge on any atom is 0.252 e. The van der Waals surface area contributed by atoms with Crippen molar-refractivity contribution in [1.29, 1.82) is 5.26 Å². The molecule has 0 aromatic carbocycles. The van der Waals surface area contributed by atoms with E-state index in [1.165, 1.54) is 6.20 Å². The summed E-state index contributed by atoms with van der Waals surface area (Å²) >= 11 is 0. The molecule has 2 aliphatic rings. The number of primary amides is 1. The van der Waals surface area contributed by atoms with Crippen LogP contribution in [0.2, 0.25) is 0 Å². The van der Waals surface area contributed by atoms with Crippen LogP contribution in [-0.2, 0) is 0 Å². The van der Waals surface area contributed by atoms with Gasteiger partial charge in [-0.25, -0.2) is 9.97 Å². The highest BCUT2D eigenvalue weighted by molar-refractivity contribution is 6.06. The van der Waals surface area contributed by atoms with Crippen molar-refractivity contribution >= 4 is 28.4 Å². The number of fused-ring (bicyclic) bond motifs is 3. The van der Waals surface area contributed by atoms with Crippen LogP contribution in [0.5, 0.6) is 0 Å². The number of carbonyl (C=O) groups is 1. The summed E-state index contributed by atoms with van der Waals surface area (Å²) in [4.78, 5) is 26.2. The number of nitrogens with one attached hydrogen (secondary N) is 2. The maximum absolute atomic E-state index is 12.0. The van der Waals surface area contributed by atoms with Gasteiger partial charge in [0.05, 0.1) is 16.8 Å². The number of nitrogens with two attached hydrogens (primary N) is 1. The van der Waals surface area contributed by atoms with Crippen LogP contribution in [0.4, 0.5) is 11.5 Å². The van der Waals surface area contributed by atoms with E-state index in [9.17, 15) is 4.79 Å². The Morgan fingerprint density at radius 1 is 1.21 bits per heavy atom. The number of aromatic amines is 1. The molecule has 2 bridgehead atoms. The molecule has 4 N–H and O–H groups in total. The van der Waals surface area contributed by atoms with Crippen molar-refractivity contribution in [3.8, 4) is 6.07 Å². The lowest BCUT2D eigenvalue weighted by Gasteiger charge is -2.40. The van der Waals surface area contributed by atoms with Crippen LogP contribution < -0.4 is 16.0 Å². The number of hydrogen-bond donors (Lipinski definition) is 3. The van der Waals surface area contributed by atoms with E-state index in [0.717, 1.165) is 48.2 Å². The van der Waals surface area contributed by atoms with Gasteiger partial charge in [-0.05, 0) is 43.9 Å². The normalized spacial score (nSPS) is 23.1. The van der Waals surface area contributed by atoms with Crippen LogP contribution in [0.3, 0.4) is 0 Å². The number of pyridine rings is 2. The first-order valence-electron chi connectivity index (χ1n) is 9.81. The molecular weight excluding hydrogens is 366 g/mol. The fourth-order valence-corrected chi connectivity index (χ4v) is 4.83. The van der Waals surface area contributed by atoms with Crippen molar-refractivity contribution in [1.82, 2.24) is 15.0 Å². The van der Waals surface area contributed by atoms with Crippen molar-refractivity contribution in [2.24, 2.45) is 5.73 Å². The molecule has 2 unspecified atom stereocenters. The van der Waals surface area contributed by atoms with Gasteiger partial charge in [0, 0.05) is 42.1 Å². The molecule has 0 saturated carbocycles. The fraction of sp³-hybridized carbons (Fsp3) is 0.333. The molecule has 2 aliphatic heterocycles. The number of nitriles is 1. The summed E-state index contributed by atoms with van der Waals surface area (Å²) in [5, 5.41) is 13.5. The largest absolute Gasteiger partial charge is 0.381 e. The topological polar surface area (TPSA) is 124 Å². The molecular formula is C21H21N7O. The van der Waals surface area contributed by atoms with Crippen molar-refractivity contribution in [3.05, 3.63) is 47.9 Å². The second-order valence-corrected chi connectivity index (χ2v) is 7.77. The molecule has 2 fully saturated rings. The molecule has 2 atom stereocenters. The molecule has 0 spiro atoms. The number of carbonyl (C=O) groups excluding carboxylic acids is 1. The Hall–Kier alpha value is -3.60. The number of amides is 1. The van der Waals surface area contributed by atoms with Gasteiger partial charge in [-0.3, -0.25) is 4.79 Å². The Kier molecular flexibility index (Phi) is 4.09. The third kappa shape index (κ3) is 2.95. The molecule has 2 saturated heterocycles. The number of hydrogen-bond acceptors (Lipinski definition) is 6. The Morgan fingerprint density at radius 2 is 2.00 bits per heavy atom. The lowest BCUT2D eigenvalue weighted by atomic mass is 9.96. The highest BCUT2D eigenvalue weighted by Crippen LogP contribution is 2.40. The molecule has 5 rings (SSSR count). The first-order valence-corrected chi connectivity index (χ1v) is 9.81. The first-order chi connectivity index (χ1) is 14.1. The Labute approximate surface area is 167 Å². The van der Waals surface area contributed by atoms with E-state index >= 15 is 0 Å². The van der Waals surface area contributed by atoms with Crippen LogP contribution >= 0.6 is 0 Å². The van der Waals surface area contributed by atoms with E-state index < -0.39 is 5.91 Å². The Morgan fingerprint density at radius 3 is 2.66 bits per heavy atom. The molecule has 3 aromatic heterocycles. The molecule has 0 aliphatic carbocycles. The number of piperidine rings is 1. The lowest BCUT2D eigenvalue weighted by molar-refractivity contribution is 0.100. The van der Waals surface area contributed by atoms with Gasteiger partial charge >= 0.3 is 0 Å². The third-order valence-corrected chi connectivity index (χ3v) is 6.08. The van der Waals surface area contributed by atoms with Gasteiger partial charge in [-0.15, -0.1) is 0 Å². The quantitative estimate of drug-likeness (QED) is 0.632. The van der Waals surface area contributed by atoms with Crippen LogP contribution in [-0.4, -0.2) is 39.0 Å². The van der Waals surface area contributed by atoms with Gasteiger partial charge in [-0.2, -0.15) is 5.26 Å². The van der Waals surface area contributed by atoms with Gasteiger partial charge < -0.3 is 20.9 Å². The molecule has 3 aromatic rings. The van der Waals surface area contributed by atoms with E-state index in [0.29, 0.717) is 23.2 Å². The summed E-state index contributed by atoms with van der Waals surface area (Å²) in [5.41, 5.74) is 8.09. The lowest BCUT2D eigenvalue weighted by Crippen LogP contribution is -2.47. The molecule has 8 heteroatoms. The molecule has 0 radical (unpaired) electrons.